The van der Waals surface area contributed by atoms with Gasteiger partial charge in [-0.25, -0.2) is 4.79 Å². The summed E-state index contributed by atoms with van der Waals surface area (Å²) in [4.78, 5) is 11.0. The van der Waals surface area contributed by atoms with Crippen molar-refractivity contribution < 1.29 is 4.79 Å². The number of aryl methyl sites for hydroxylation is 1. The maximum Gasteiger partial charge on any atom is 0.318 e. The predicted molar refractivity (Wildman–Crippen MR) is 53.9 cm³/mol. The zero-order valence-electron chi connectivity index (χ0n) is 7.92. The second-order valence-electron chi connectivity index (χ2n) is 2.76. The lowest BCUT2D eigenvalue weighted by atomic mass is 10.1. The van der Waals surface area contributed by atoms with Crippen molar-refractivity contribution >= 4 is 11.7 Å². The van der Waals surface area contributed by atoms with Gasteiger partial charge in [-0.3, -0.25) is 0 Å². The van der Waals surface area contributed by atoms with Crippen LogP contribution in [0.5, 0.6) is 0 Å². The molecule has 0 bridgehead atoms. The van der Waals surface area contributed by atoms with Gasteiger partial charge < -0.3 is 10.6 Å². The van der Waals surface area contributed by atoms with E-state index in [1.54, 1.807) is 7.05 Å². The van der Waals surface area contributed by atoms with Gasteiger partial charge in [0, 0.05) is 12.7 Å². The normalized spacial score (nSPS) is 9.38. The average molecular weight is 178 g/mol. The lowest BCUT2D eigenvalue weighted by molar-refractivity contribution is 0.254. The minimum Gasteiger partial charge on any atom is -0.341 e. The SMILES string of the molecule is CCc1cccc(NC(=O)NC)c1. The van der Waals surface area contributed by atoms with Gasteiger partial charge in [0.1, 0.15) is 0 Å². The molecule has 0 aliphatic heterocycles. The molecule has 0 aromatic heterocycles. The molecule has 0 saturated heterocycles. The quantitative estimate of drug-likeness (QED) is 0.714. The van der Waals surface area contributed by atoms with E-state index < -0.39 is 0 Å². The van der Waals surface area contributed by atoms with Crippen molar-refractivity contribution in [3.05, 3.63) is 29.8 Å². The molecule has 3 nitrogen and oxygen atoms in total. The Bertz CT molecular complexity index is 297. The van der Waals surface area contributed by atoms with Crippen LogP contribution in [-0.2, 0) is 6.42 Å². The number of rotatable bonds is 2. The summed E-state index contributed by atoms with van der Waals surface area (Å²) in [6.45, 7) is 2.08. The highest BCUT2D eigenvalue weighted by atomic mass is 16.2. The number of anilines is 1. The van der Waals surface area contributed by atoms with Crippen LogP contribution >= 0.6 is 0 Å². The van der Waals surface area contributed by atoms with Crippen LogP contribution in [0.4, 0.5) is 10.5 Å². The van der Waals surface area contributed by atoms with E-state index in [4.69, 9.17) is 0 Å². The Hall–Kier alpha value is -1.51. The zero-order chi connectivity index (χ0) is 9.68. The molecule has 70 valence electrons. The molecule has 13 heavy (non-hydrogen) atoms. The molecule has 1 aromatic rings. The first-order valence-electron chi connectivity index (χ1n) is 4.34. The third kappa shape index (κ3) is 2.78. The lowest BCUT2D eigenvalue weighted by Crippen LogP contribution is -2.24. The molecule has 2 amide bonds. The molecule has 2 N–H and O–H groups in total. The van der Waals surface area contributed by atoms with Crippen molar-refractivity contribution in [3.63, 3.8) is 0 Å². The molecule has 0 aliphatic rings. The van der Waals surface area contributed by atoms with E-state index in [2.05, 4.69) is 17.6 Å². The van der Waals surface area contributed by atoms with E-state index >= 15 is 0 Å². The van der Waals surface area contributed by atoms with Crippen LogP contribution in [0.3, 0.4) is 0 Å². The van der Waals surface area contributed by atoms with Gasteiger partial charge in [-0.05, 0) is 24.1 Å². The van der Waals surface area contributed by atoms with Crippen LogP contribution in [-0.4, -0.2) is 13.1 Å². The van der Waals surface area contributed by atoms with Gasteiger partial charge in [-0.15, -0.1) is 0 Å². The summed E-state index contributed by atoms with van der Waals surface area (Å²) in [7, 11) is 1.60. The summed E-state index contributed by atoms with van der Waals surface area (Å²) in [6.07, 6.45) is 0.975. The summed E-state index contributed by atoms with van der Waals surface area (Å²) >= 11 is 0. The highest BCUT2D eigenvalue weighted by Gasteiger charge is 1.97. The first-order valence-corrected chi connectivity index (χ1v) is 4.34. The molecule has 0 heterocycles. The minimum absolute atomic E-state index is 0.187. The van der Waals surface area contributed by atoms with Gasteiger partial charge in [0.25, 0.3) is 0 Å². The van der Waals surface area contributed by atoms with E-state index in [0.717, 1.165) is 12.1 Å². The van der Waals surface area contributed by atoms with Gasteiger partial charge in [-0.2, -0.15) is 0 Å². The molecular formula is C10H14N2O. The van der Waals surface area contributed by atoms with Crippen LogP contribution in [0.2, 0.25) is 0 Å². The molecule has 0 atom stereocenters. The largest absolute Gasteiger partial charge is 0.341 e. The second kappa shape index (κ2) is 4.50. The first kappa shape index (κ1) is 9.58. The predicted octanol–water partition coefficient (Wildman–Crippen LogP) is 2.00. The van der Waals surface area contributed by atoms with Gasteiger partial charge in [0.15, 0.2) is 0 Å². The number of nitrogens with one attached hydrogen (secondary N) is 2. The van der Waals surface area contributed by atoms with Crippen molar-refractivity contribution in [1.82, 2.24) is 5.32 Å². The van der Waals surface area contributed by atoms with E-state index in [9.17, 15) is 4.79 Å². The number of benzene rings is 1. The number of carbonyl (C=O) groups excluding carboxylic acids is 1. The molecule has 0 saturated carbocycles. The Morgan fingerprint density at radius 2 is 2.23 bits per heavy atom. The van der Waals surface area contributed by atoms with Crippen molar-refractivity contribution in [2.75, 3.05) is 12.4 Å². The van der Waals surface area contributed by atoms with Gasteiger partial charge in [-0.1, -0.05) is 19.1 Å². The Labute approximate surface area is 78.2 Å². The van der Waals surface area contributed by atoms with Gasteiger partial charge in [0.2, 0.25) is 0 Å². The van der Waals surface area contributed by atoms with Crippen LogP contribution in [0.1, 0.15) is 12.5 Å². The molecule has 0 unspecified atom stereocenters. The second-order valence-corrected chi connectivity index (χ2v) is 2.76. The number of amides is 2. The van der Waals surface area contributed by atoms with Crippen molar-refractivity contribution in [3.8, 4) is 0 Å². The molecule has 0 fully saturated rings. The van der Waals surface area contributed by atoms with Crippen LogP contribution in [0.15, 0.2) is 24.3 Å². The third-order valence-electron chi connectivity index (χ3n) is 1.82. The summed E-state index contributed by atoms with van der Waals surface area (Å²) in [5, 5.41) is 5.22. The van der Waals surface area contributed by atoms with Crippen LogP contribution in [0.25, 0.3) is 0 Å². The highest BCUT2D eigenvalue weighted by Crippen LogP contribution is 2.10. The molecular weight excluding hydrogens is 164 g/mol. The highest BCUT2D eigenvalue weighted by molar-refractivity contribution is 5.89. The van der Waals surface area contributed by atoms with E-state index in [0.29, 0.717) is 0 Å². The smallest absolute Gasteiger partial charge is 0.318 e. The fourth-order valence-corrected chi connectivity index (χ4v) is 1.06. The topological polar surface area (TPSA) is 41.1 Å². The Morgan fingerprint density at radius 3 is 2.85 bits per heavy atom. The number of hydrogen-bond acceptors (Lipinski definition) is 1. The van der Waals surface area contributed by atoms with E-state index in [-0.39, 0.29) is 6.03 Å². The molecule has 0 radical (unpaired) electrons. The third-order valence-corrected chi connectivity index (χ3v) is 1.82. The van der Waals surface area contributed by atoms with Gasteiger partial charge >= 0.3 is 6.03 Å². The first-order chi connectivity index (χ1) is 6.26. The van der Waals surface area contributed by atoms with Crippen LogP contribution in [0, 0.1) is 0 Å². The Balaban J connectivity index is 2.71. The average Bonchev–Trinajstić information content (AvgIpc) is 2.18. The van der Waals surface area contributed by atoms with Crippen molar-refractivity contribution in [2.24, 2.45) is 0 Å². The summed E-state index contributed by atoms with van der Waals surface area (Å²) in [5.41, 5.74) is 2.05. The monoisotopic (exact) mass is 178 g/mol. The van der Waals surface area contributed by atoms with E-state index in [1.807, 2.05) is 24.3 Å². The molecule has 1 aromatic carbocycles. The standard InChI is InChI=1S/C10H14N2O/c1-3-8-5-4-6-9(7-8)12-10(13)11-2/h4-7H,3H2,1-2H3,(H2,11,12,13). The Morgan fingerprint density at radius 1 is 1.46 bits per heavy atom. The molecule has 0 aliphatic carbocycles. The molecule has 0 spiro atoms. The molecule has 1 rings (SSSR count). The van der Waals surface area contributed by atoms with E-state index in [1.165, 1.54) is 5.56 Å². The minimum atomic E-state index is -0.187. The zero-order valence-corrected chi connectivity index (χ0v) is 7.92. The number of hydrogen-bond donors (Lipinski definition) is 2. The summed E-state index contributed by atoms with van der Waals surface area (Å²) in [6, 6.07) is 7.62. The molecule has 3 heteroatoms. The van der Waals surface area contributed by atoms with Crippen LogP contribution < -0.4 is 10.6 Å². The maximum atomic E-state index is 11.0. The fraction of sp³-hybridized carbons (Fsp3) is 0.300. The number of carbonyl (C=O) groups is 1. The van der Waals surface area contributed by atoms with Crippen molar-refractivity contribution in [1.29, 1.82) is 0 Å². The maximum absolute atomic E-state index is 11.0. The summed E-state index contributed by atoms with van der Waals surface area (Å²) in [5.74, 6) is 0. The van der Waals surface area contributed by atoms with Gasteiger partial charge in [0.05, 0.1) is 0 Å². The number of urea groups is 1. The fourth-order valence-electron chi connectivity index (χ4n) is 1.06. The summed E-state index contributed by atoms with van der Waals surface area (Å²) < 4.78 is 0. The van der Waals surface area contributed by atoms with Crippen molar-refractivity contribution in [2.45, 2.75) is 13.3 Å². The Kier molecular flexibility index (Phi) is 3.31. The lowest BCUT2D eigenvalue weighted by Gasteiger charge is -2.05.